The molecule has 0 aliphatic carbocycles. The fraction of sp³-hybridized carbons (Fsp3) is 0.286. The standard InChI is InChI=1S/C14H16N6/c1-9-10(2)18-11(3)19-14(9)16-8-12-4-6-15-13-5-7-17-20(12)13/h4-7H,8H2,1-3H3,(H,16,18,19). The first-order valence-electron chi connectivity index (χ1n) is 6.48. The van der Waals surface area contributed by atoms with Crippen LogP contribution in [0.25, 0.3) is 5.65 Å². The molecule has 0 fully saturated rings. The second-order valence-electron chi connectivity index (χ2n) is 4.72. The smallest absolute Gasteiger partial charge is 0.155 e. The van der Waals surface area contributed by atoms with E-state index in [9.17, 15) is 0 Å². The number of nitrogens with one attached hydrogen (secondary N) is 1. The molecule has 3 rings (SSSR count). The van der Waals surface area contributed by atoms with Gasteiger partial charge in [0, 0.05) is 23.5 Å². The number of nitrogens with zero attached hydrogens (tertiary/aromatic N) is 5. The molecule has 0 bridgehead atoms. The van der Waals surface area contributed by atoms with E-state index >= 15 is 0 Å². The largest absolute Gasteiger partial charge is 0.364 e. The predicted molar refractivity (Wildman–Crippen MR) is 76.6 cm³/mol. The molecule has 20 heavy (non-hydrogen) atoms. The highest BCUT2D eigenvalue weighted by atomic mass is 15.3. The first-order valence-corrected chi connectivity index (χ1v) is 6.48. The molecule has 0 saturated carbocycles. The quantitative estimate of drug-likeness (QED) is 0.787. The van der Waals surface area contributed by atoms with Gasteiger partial charge in [0.1, 0.15) is 11.6 Å². The molecule has 0 aliphatic heterocycles. The van der Waals surface area contributed by atoms with E-state index in [0.717, 1.165) is 34.2 Å². The van der Waals surface area contributed by atoms with Gasteiger partial charge >= 0.3 is 0 Å². The zero-order valence-electron chi connectivity index (χ0n) is 11.8. The van der Waals surface area contributed by atoms with Gasteiger partial charge in [-0.2, -0.15) is 5.10 Å². The van der Waals surface area contributed by atoms with Crippen LogP contribution in [0.4, 0.5) is 5.82 Å². The zero-order valence-corrected chi connectivity index (χ0v) is 11.8. The van der Waals surface area contributed by atoms with Crippen molar-refractivity contribution < 1.29 is 0 Å². The van der Waals surface area contributed by atoms with Crippen molar-refractivity contribution in [2.45, 2.75) is 27.3 Å². The van der Waals surface area contributed by atoms with Gasteiger partial charge in [0.05, 0.1) is 18.4 Å². The summed E-state index contributed by atoms with van der Waals surface area (Å²) < 4.78 is 1.82. The second-order valence-corrected chi connectivity index (χ2v) is 4.72. The Hall–Kier alpha value is -2.50. The topological polar surface area (TPSA) is 68.0 Å². The summed E-state index contributed by atoms with van der Waals surface area (Å²) in [5.41, 5.74) is 3.95. The molecule has 0 radical (unpaired) electrons. The summed E-state index contributed by atoms with van der Waals surface area (Å²) in [6, 6.07) is 3.83. The fourth-order valence-electron chi connectivity index (χ4n) is 2.13. The lowest BCUT2D eigenvalue weighted by Crippen LogP contribution is -2.10. The third kappa shape index (κ3) is 2.20. The van der Waals surface area contributed by atoms with Crippen molar-refractivity contribution in [3.63, 3.8) is 0 Å². The number of aryl methyl sites for hydroxylation is 2. The molecule has 0 atom stereocenters. The highest BCUT2D eigenvalue weighted by molar-refractivity contribution is 5.46. The van der Waals surface area contributed by atoms with Crippen molar-refractivity contribution in [3.8, 4) is 0 Å². The van der Waals surface area contributed by atoms with E-state index in [1.54, 1.807) is 12.4 Å². The molecule has 3 aromatic heterocycles. The molecule has 0 amide bonds. The molecule has 6 nitrogen and oxygen atoms in total. The molecule has 3 heterocycles. The maximum atomic E-state index is 4.45. The summed E-state index contributed by atoms with van der Waals surface area (Å²) in [4.78, 5) is 13.1. The van der Waals surface area contributed by atoms with Crippen LogP contribution in [0, 0.1) is 20.8 Å². The van der Waals surface area contributed by atoms with E-state index in [0.29, 0.717) is 6.54 Å². The van der Waals surface area contributed by atoms with Crippen molar-refractivity contribution in [2.75, 3.05) is 5.32 Å². The van der Waals surface area contributed by atoms with Crippen molar-refractivity contribution in [3.05, 3.63) is 47.3 Å². The Balaban J connectivity index is 1.88. The first kappa shape index (κ1) is 12.5. The molecule has 0 aliphatic rings. The van der Waals surface area contributed by atoms with E-state index in [4.69, 9.17) is 0 Å². The van der Waals surface area contributed by atoms with Gasteiger partial charge in [-0.1, -0.05) is 0 Å². The predicted octanol–water partition coefficient (Wildman–Crippen LogP) is 2.06. The van der Waals surface area contributed by atoms with Gasteiger partial charge in [-0.3, -0.25) is 0 Å². The Morgan fingerprint density at radius 1 is 1.10 bits per heavy atom. The Labute approximate surface area is 116 Å². The van der Waals surface area contributed by atoms with Crippen LogP contribution in [0.2, 0.25) is 0 Å². The van der Waals surface area contributed by atoms with E-state index in [2.05, 4.69) is 25.4 Å². The third-order valence-electron chi connectivity index (χ3n) is 3.31. The number of hydrogen-bond acceptors (Lipinski definition) is 5. The van der Waals surface area contributed by atoms with Gasteiger partial charge in [0.2, 0.25) is 0 Å². The highest BCUT2D eigenvalue weighted by Gasteiger charge is 2.07. The summed E-state index contributed by atoms with van der Waals surface area (Å²) in [6.07, 6.45) is 3.54. The van der Waals surface area contributed by atoms with Crippen LogP contribution in [-0.4, -0.2) is 24.6 Å². The second kappa shape index (κ2) is 4.88. The van der Waals surface area contributed by atoms with Gasteiger partial charge in [0.15, 0.2) is 5.65 Å². The minimum absolute atomic E-state index is 0.636. The number of hydrogen-bond donors (Lipinski definition) is 1. The van der Waals surface area contributed by atoms with Crippen LogP contribution in [0.3, 0.4) is 0 Å². The van der Waals surface area contributed by atoms with Gasteiger partial charge in [-0.15, -0.1) is 0 Å². The number of fused-ring (bicyclic) bond motifs is 1. The zero-order chi connectivity index (χ0) is 14.1. The Morgan fingerprint density at radius 2 is 1.95 bits per heavy atom. The number of rotatable bonds is 3. The molecule has 0 spiro atoms. The lowest BCUT2D eigenvalue weighted by Gasteiger charge is -2.11. The Kier molecular flexibility index (Phi) is 3.06. The van der Waals surface area contributed by atoms with Gasteiger partial charge in [-0.05, 0) is 26.8 Å². The maximum absolute atomic E-state index is 4.45. The first-order chi connectivity index (χ1) is 9.65. The molecule has 6 heteroatoms. The minimum atomic E-state index is 0.636. The van der Waals surface area contributed by atoms with Gasteiger partial charge < -0.3 is 5.32 Å². The fourth-order valence-corrected chi connectivity index (χ4v) is 2.13. The molecule has 0 unspecified atom stereocenters. The van der Waals surface area contributed by atoms with Crippen LogP contribution in [-0.2, 0) is 6.54 Å². The molecule has 1 N–H and O–H groups in total. The monoisotopic (exact) mass is 268 g/mol. The van der Waals surface area contributed by atoms with Crippen LogP contribution < -0.4 is 5.32 Å². The average Bonchev–Trinajstić information content (AvgIpc) is 2.90. The normalized spacial score (nSPS) is 10.9. The van der Waals surface area contributed by atoms with Gasteiger partial charge in [-0.25, -0.2) is 19.5 Å². The summed E-state index contributed by atoms with van der Waals surface area (Å²) in [5.74, 6) is 1.64. The molecule has 0 saturated heterocycles. The van der Waals surface area contributed by atoms with E-state index in [-0.39, 0.29) is 0 Å². The summed E-state index contributed by atoms with van der Waals surface area (Å²) >= 11 is 0. The lowest BCUT2D eigenvalue weighted by atomic mass is 10.2. The Morgan fingerprint density at radius 3 is 2.80 bits per heavy atom. The third-order valence-corrected chi connectivity index (χ3v) is 3.31. The van der Waals surface area contributed by atoms with E-state index in [1.165, 1.54) is 0 Å². The van der Waals surface area contributed by atoms with Gasteiger partial charge in [0.25, 0.3) is 0 Å². The van der Waals surface area contributed by atoms with Crippen LogP contribution in [0.1, 0.15) is 22.8 Å². The summed E-state index contributed by atoms with van der Waals surface area (Å²) in [5, 5.41) is 7.62. The summed E-state index contributed by atoms with van der Waals surface area (Å²) in [6.45, 7) is 6.55. The SMILES string of the molecule is Cc1nc(C)c(C)c(NCc2ccnc3ccnn23)n1. The van der Waals surface area contributed by atoms with Crippen molar-refractivity contribution in [1.29, 1.82) is 0 Å². The molecular weight excluding hydrogens is 252 g/mol. The lowest BCUT2D eigenvalue weighted by molar-refractivity contribution is 0.848. The Bertz CT molecular complexity index is 761. The molecular formula is C14H16N6. The number of anilines is 1. The summed E-state index contributed by atoms with van der Waals surface area (Å²) in [7, 11) is 0. The average molecular weight is 268 g/mol. The van der Waals surface area contributed by atoms with Crippen LogP contribution >= 0.6 is 0 Å². The van der Waals surface area contributed by atoms with Crippen molar-refractivity contribution >= 4 is 11.5 Å². The van der Waals surface area contributed by atoms with Crippen LogP contribution in [0.5, 0.6) is 0 Å². The van der Waals surface area contributed by atoms with E-state index in [1.807, 2.05) is 37.4 Å². The number of aromatic nitrogens is 5. The van der Waals surface area contributed by atoms with Crippen molar-refractivity contribution in [1.82, 2.24) is 24.6 Å². The molecule has 102 valence electrons. The highest BCUT2D eigenvalue weighted by Crippen LogP contribution is 2.15. The minimum Gasteiger partial charge on any atom is -0.364 e. The van der Waals surface area contributed by atoms with E-state index < -0.39 is 0 Å². The van der Waals surface area contributed by atoms with Crippen molar-refractivity contribution in [2.24, 2.45) is 0 Å². The molecule has 3 aromatic rings. The van der Waals surface area contributed by atoms with Crippen LogP contribution in [0.15, 0.2) is 24.5 Å². The maximum Gasteiger partial charge on any atom is 0.155 e. The molecule has 0 aromatic carbocycles.